The average molecular weight is 304 g/mol. The number of carbonyl (C=O) groups excluding carboxylic acids is 1. The second-order valence-electron chi connectivity index (χ2n) is 6.30. The van der Waals surface area contributed by atoms with E-state index in [9.17, 15) is 4.79 Å². The Kier molecular flexibility index (Phi) is 7.85. The SMILES string of the molecule is CC(N)C(=O)N1CCCC(CN2CCCCCC2)C1.Cl. The second-order valence-corrected chi connectivity index (χ2v) is 6.30. The van der Waals surface area contributed by atoms with Crippen molar-refractivity contribution in [1.29, 1.82) is 0 Å². The maximum Gasteiger partial charge on any atom is 0.239 e. The highest BCUT2D eigenvalue weighted by atomic mass is 35.5. The normalized spacial score (nSPS) is 26.5. The number of piperidine rings is 1. The van der Waals surface area contributed by atoms with Crippen LogP contribution >= 0.6 is 12.4 Å². The molecule has 0 aliphatic carbocycles. The van der Waals surface area contributed by atoms with Gasteiger partial charge in [0.1, 0.15) is 0 Å². The molecular weight excluding hydrogens is 274 g/mol. The number of carbonyl (C=O) groups is 1. The van der Waals surface area contributed by atoms with Crippen LogP contribution in [0.1, 0.15) is 45.4 Å². The van der Waals surface area contributed by atoms with E-state index >= 15 is 0 Å². The highest BCUT2D eigenvalue weighted by Gasteiger charge is 2.26. The van der Waals surface area contributed by atoms with Crippen molar-refractivity contribution in [3.63, 3.8) is 0 Å². The molecule has 4 nitrogen and oxygen atoms in total. The van der Waals surface area contributed by atoms with Crippen molar-refractivity contribution in [1.82, 2.24) is 9.80 Å². The van der Waals surface area contributed by atoms with Crippen LogP contribution in [0.15, 0.2) is 0 Å². The first-order valence-corrected chi connectivity index (χ1v) is 7.93. The van der Waals surface area contributed by atoms with E-state index in [1.807, 2.05) is 4.90 Å². The van der Waals surface area contributed by atoms with E-state index in [0.717, 1.165) is 19.5 Å². The molecule has 0 saturated carbocycles. The van der Waals surface area contributed by atoms with Crippen LogP contribution in [-0.2, 0) is 4.79 Å². The lowest BCUT2D eigenvalue weighted by Gasteiger charge is -2.36. The third kappa shape index (κ3) is 5.23. The predicted molar refractivity (Wildman–Crippen MR) is 85.1 cm³/mol. The van der Waals surface area contributed by atoms with Crippen LogP contribution in [0.25, 0.3) is 0 Å². The zero-order chi connectivity index (χ0) is 13.7. The molecule has 0 aromatic heterocycles. The lowest BCUT2D eigenvalue weighted by atomic mass is 9.96. The van der Waals surface area contributed by atoms with Gasteiger partial charge in [0.15, 0.2) is 0 Å². The lowest BCUT2D eigenvalue weighted by molar-refractivity contribution is -0.134. The van der Waals surface area contributed by atoms with Gasteiger partial charge in [-0.3, -0.25) is 4.79 Å². The van der Waals surface area contributed by atoms with Crippen LogP contribution < -0.4 is 5.73 Å². The number of likely N-dealkylation sites (tertiary alicyclic amines) is 2. The van der Waals surface area contributed by atoms with Gasteiger partial charge in [0.2, 0.25) is 5.91 Å². The Morgan fingerprint density at radius 1 is 1.15 bits per heavy atom. The maximum atomic E-state index is 12.0. The van der Waals surface area contributed by atoms with E-state index < -0.39 is 0 Å². The summed E-state index contributed by atoms with van der Waals surface area (Å²) in [6.45, 7) is 7.27. The molecule has 2 aliphatic rings. The van der Waals surface area contributed by atoms with Crippen LogP contribution in [0.2, 0.25) is 0 Å². The molecule has 5 heteroatoms. The van der Waals surface area contributed by atoms with E-state index in [2.05, 4.69) is 4.90 Å². The van der Waals surface area contributed by atoms with Crippen molar-refractivity contribution < 1.29 is 4.79 Å². The average Bonchev–Trinajstić information content (AvgIpc) is 2.66. The first-order chi connectivity index (χ1) is 9.16. The molecule has 2 unspecified atom stereocenters. The molecule has 2 saturated heterocycles. The van der Waals surface area contributed by atoms with Crippen LogP contribution in [0.4, 0.5) is 0 Å². The highest BCUT2D eigenvalue weighted by molar-refractivity contribution is 5.85. The first kappa shape index (κ1) is 17.7. The van der Waals surface area contributed by atoms with Gasteiger partial charge in [-0.05, 0) is 51.6 Å². The molecule has 2 fully saturated rings. The van der Waals surface area contributed by atoms with Gasteiger partial charge in [-0.25, -0.2) is 0 Å². The topological polar surface area (TPSA) is 49.6 Å². The van der Waals surface area contributed by atoms with Crippen molar-refractivity contribution in [3.05, 3.63) is 0 Å². The number of rotatable bonds is 3. The molecule has 118 valence electrons. The second kappa shape index (κ2) is 8.85. The van der Waals surface area contributed by atoms with Gasteiger partial charge in [-0.1, -0.05) is 12.8 Å². The third-order valence-electron chi connectivity index (χ3n) is 4.44. The van der Waals surface area contributed by atoms with E-state index in [1.54, 1.807) is 6.92 Å². The number of nitrogens with two attached hydrogens (primary N) is 1. The Bertz CT molecular complexity index is 291. The Labute approximate surface area is 129 Å². The molecule has 2 rings (SSSR count). The fraction of sp³-hybridized carbons (Fsp3) is 0.933. The molecule has 2 atom stereocenters. The van der Waals surface area contributed by atoms with E-state index in [4.69, 9.17) is 5.73 Å². The minimum Gasteiger partial charge on any atom is -0.341 e. The molecule has 2 aliphatic heterocycles. The van der Waals surface area contributed by atoms with Crippen molar-refractivity contribution in [2.75, 3.05) is 32.7 Å². The summed E-state index contributed by atoms with van der Waals surface area (Å²) in [6.07, 6.45) is 7.85. The number of amides is 1. The fourth-order valence-electron chi connectivity index (χ4n) is 3.39. The van der Waals surface area contributed by atoms with Crippen LogP contribution in [-0.4, -0.2) is 54.5 Å². The highest BCUT2D eigenvalue weighted by Crippen LogP contribution is 2.20. The first-order valence-electron chi connectivity index (χ1n) is 7.93. The minimum atomic E-state index is -0.350. The standard InChI is InChI=1S/C15H29N3O.ClH/c1-13(16)15(19)18-10-6-7-14(12-18)11-17-8-4-2-3-5-9-17;/h13-14H,2-12,16H2,1H3;1H. The summed E-state index contributed by atoms with van der Waals surface area (Å²) in [7, 11) is 0. The molecule has 2 N–H and O–H groups in total. The maximum absolute atomic E-state index is 12.0. The molecule has 0 bridgehead atoms. The van der Waals surface area contributed by atoms with Crippen LogP contribution in [0.3, 0.4) is 0 Å². The molecule has 0 spiro atoms. The summed E-state index contributed by atoms with van der Waals surface area (Å²) < 4.78 is 0. The van der Waals surface area contributed by atoms with Gasteiger partial charge >= 0.3 is 0 Å². The zero-order valence-electron chi connectivity index (χ0n) is 12.7. The fourth-order valence-corrected chi connectivity index (χ4v) is 3.39. The molecular formula is C15H30ClN3O. The van der Waals surface area contributed by atoms with Gasteiger partial charge < -0.3 is 15.5 Å². The predicted octanol–water partition coefficient (Wildman–Crippen LogP) is 1.87. The van der Waals surface area contributed by atoms with Gasteiger partial charge in [-0.2, -0.15) is 0 Å². The Morgan fingerprint density at radius 2 is 1.80 bits per heavy atom. The number of hydrogen-bond donors (Lipinski definition) is 1. The molecule has 2 heterocycles. The lowest BCUT2D eigenvalue weighted by Crippen LogP contribution is -2.48. The van der Waals surface area contributed by atoms with Crippen molar-refractivity contribution in [2.24, 2.45) is 11.7 Å². The molecule has 0 aromatic rings. The summed E-state index contributed by atoms with van der Waals surface area (Å²) in [5.41, 5.74) is 5.72. The van der Waals surface area contributed by atoms with Crippen molar-refractivity contribution in [2.45, 2.75) is 51.5 Å². The Hall–Kier alpha value is -0.320. The van der Waals surface area contributed by atoms with Crippen LogP contribution in [0.5, 0.6) is 0 Å². The summed E-state index contributed by atoms with van der Waals surface area (Å²) >= 11 is 0. The smallest absolute Gasteiger partial charge is 0.239 e. The molecule has 20 heavy (non-hydrogen) atoms. The molecule has 1 amide bonds. The molecule has 0 aromatic carbocycles. The number of halogens is 1. The minimum absolute atomic E-state index is 0. The Balaban J connectivity index is 0.00000200. The van der Waals surface area contributed by atoms with Crippen molar-refractivity contribution in [3.8, 4) is 0 Å². The monoisotopic (exact) mass is 303 g/mol. The summed E-state index contributed by atoms with van der Waals surface area (Å²) in [6, 6.07) is -0.350. The third-order valence-corrected chi connectivity index (χ3v) is 4.44. The van der Waals surface area contributed by atoms with E-state index in [0.29, 0.717) is 5.92 Å². The van der Waals surface area contributed by atoms with Crippen LogP contribution in [0, 0.1) is 5.92 Å². The van der Waals surface area contributed by atoms with Gasteiger partial charge in [0.05, 0.1) is 6.04 Å². The van der Waals surface area contributed by atoms with Crippen molar-refractivity contribution >= 4 is 18.3 Å². The summed E-state index contributed by atoms with van der Waals surface area (Å²) in [5, 5.41) is 0. The molecule has 0 radical (unpaired) electrons. The van der Waals surface area contributed by atoms with Gasteiger partial charge in [-0.15, -0.1) is 12.4 Å². The quantitative estimate of drug-likeness (QED) is 0.866. The number of hydrogen-bond acceptors (Lipinski definition) is 3. The number of nitrogens with zero attached hydrogens (tertiary/aromatic N) is 2. The van der Waals surface area contributed by atoms with E-state index in [1.165, 1.54) is 51.7 Å². The summed E-state index contributed by atoms with van der Waals surface area (Å²) in [5.74, 6) is 0.773. The zero-order valence-corrected chi connectivity index (χ0v) is 13.5. The largest absolute Gasteiger partial charge is 0.341 e. The summed E-state index contributed by atoms with van der Waals surface area (Å²) in [4.78, 5) is 16.6. The Morgan fingerprint density at radius 3 is 2.40 bits per heavy atom. The van der Waals surface area contributed by atoms with E-state index in [-0.39, 0.29) is 24.4 Å². The van der Waals surface area contributed by atoms with Gasteiger partial charge in [0.25, 0.3) is 0 Å². The van der Waals surface area contributed by atoms with Gasteiger partial charge in [0, 0.05) is 19.6 Å².